The van der Waals surface area contributed by atoms with Crippen molar-refractivity contribution in [3.63, 3.8) is 0 Å². The molecular weight excluding hydrogens is 452 g/mol. The van der Waals surface area contributed by atoms with Crippen LogP contribution < -0.4 is 21.7 Å². The molecule has 8 heteroatoms. The van der Waals surface area contributed by atoms with Crippen LogP contribution >= 0.6 is 12.4 Å². The number of phenols is 1. The zero-order valence-corrected chi connectivity index (χ0v) is 21.6. The first-order chi connectivity index (χ1) is 15.4. The molecule has 0 aliphatic heterocycles. The van der Waals surface area contributed by atoms with Crippen molar-refractivity contribution in [2.24, 2.45) is 5.73 Å². The number of halogens is 1. The lowest BCUT2D eigenvalue weighted by Gasteiger charge is -2.26. The quantitative estimate of drug-likeness (QED) is 0.321. The summed E-state index contributed by atoms with van der Waals surface area (Å²) in [6.45, 7) is 11.0. The first-order valence-electron chi connectivity index (χ1n) is 11.5. The molecular formula is C26H39ClN4O3. The fourth-order valence-corrected chi connectivity index (χ4v) is 3.56. The van der Waals surface area contributed by atoms with Crippen LogP contribution in [0.15, 0.2) is 42.5 Å². The fraction of sp³-hybridized carbons (Fsp3) is 0.462. The molecule has 0 fully saturated rings. The van der Waals surface area contributed by atoms with E-state index in [0.29, 0.717) is 19.6 Å². The van der Waals surface area contributed by atoms with E-state index in [1.807, 2.05) is 49.4 Å². The van der Waals surface area contributed by atoms with Crippen molar-refractivity contribution in [1.29, 1.82) is 0 Å². The summed E-state index contributed by atoms with van der Waals surface area (Å²) in [5, 5.41) is 19.2. The summed E-state index contributed by atoms with van der Waals surface area (Å²) in [7, 11) is 0. The number of benzene rings is 2. The Labute approximate surface area is 209 Å². The lowest BCUT2D eigenvalue weighted by atomic mass is 9.80. The van der Waals surface area contributed by atoms with Crippen molar-refractivity contribution in [2.45, 2.75) is 65.0 Å². The third kappa shape index (κ3) is 8.54. The van der Waals surface area contributed by atoms with E-state index in [0.717, 1.165) is 35.1 Å². The zero-order chi connectivity index (χ0) is 24.6. The van der Waals surface area contributed by atoms with Crippen LogP contribution in [0.1, 0.15) is 58.6 Å². The molecule has 2 aromatic rings. The van der Waals surface area contributed by atoms with Crippen molar-refractivity contribution in [3.05, 3.63) is 53.6 Å². The maximum atomic E-state index is 11.9. The van der Waals surface area contributed by atoms with Gasteiger partial charge in [-0.2, -0.15) is 0 Å². The summed E-state index contributed by atoms with van der Waals surface area (Å²) >= 11 is 0. The highest BCUT2D eigenvalue weighted by molar-refractivity contribution is 5.85. The van der Waals surface area contributed by atoms with Gasteiger partial charge in [0.2, 0.25) is 5.91 Å². The monoisotopic (exact) mass is 490 g/mol. The molecule has 0 spiro atoms. The van der Waals surface area contributed by atoms with Crippen LogP contribution in [-0.2, 0) is 16.8 Å². The van der Waals surface area contributed by atoms with E-state index >= 15 is 0 Å². The number of nitrogens with two attached hydrogens (primary N) is 1. The Bertz CT molecular complexity index is 971. The highest BCUT2D eigenvalue weighted by Crippen LogP contribution is 2.36. The maximum absolute atomic E-state index is 11.9. The molecule has 0 bridgehead atoms. The molecule has 0 aliphatic carbocycles. The van der Waals surface area contributed by atoms with Gasteiger partial charge in [0.05, 0.1) is 5.54 Å². The van der Waals surface area contributed by atoms with Crippen molar-refractivity contribution in [2.75, 3.05) is 13.1 Å². The highest BCUT2D eigenvalue weighted by Gasteiger charge is 2.24. The van der Waals surface area contributed by atoms with Gasteiger partial charge in [0.25, 0.3) is 0 Å². The SMILES string of the molecule is CCNC(=O)NCc1cccc(-c2ccc(C(C)(C)CCCNC(=O)C(C)(C)N)cc2O)c1.Cl. The van der Waals surface area contributed by atoms with Gasteiger partial charge in [0, 0.05) is 25.2 Å². The second kappa shape index (κ2) is 12.6. The minimum atomic E-state index is -0.883. The molecule has 0 saturated heterocycles. The van der Waals surface area contributed by atoms with E-state index in [9.17, 15) is 14.7 Å². The maximum Gasteiger partial charge on any atom is 0.315 e. The van der Waals surface area contributed by atoms with Gasteiger partial charge in [0.15, 0.2) is 0 Å². The predicted molar refractivity (Wildman–Crippen MR) is 140 cm³/mol. The third-order valence-electron chi connectivity index (χ3n) is 5.66. The van der Waals surface area contributed by atoms with Crippen LogP contribution in [0.4, 0.5) is 4.79 Å². The average molecular weight is 491 g/mol. The molecule has 0 radical (unpaired) electrons. The van der Waals surface area contributed by atoms with Crippen LogP contribution in [0.5, 0.6) is 5.75 Å². The molecule has 2 rings (SSSR count). The van der Waals surface area contributed by atoms with Crippen molar-refractivity contribution in [3.8, 4) is 16.9 Å². The number of nitrogens with one attached hydrogen (secondary N) is 3. The van der Waals surface area contributed by atoms with E-state index in [2.05, 4.69) is 29.8 Å². The van der Waals surface area contributed by atoms with E-state index in [4.69, 9.17) is 5.73 Å². The molecule has 7 nitrogen and oxygen atoms in total. The van der Waals surface area contributed by atoms with Crippen molar-refractivity contribution in [1.82, 2.24) is 16.0 Å². The Hall–Kier alpha value is -2.77. The van der Waals surface area contributed by atoms with Crippen molar-refractivity contribution >= 4 is 24.3 Å². The summed E-state index contributed by atoms with van der Waals surface area (Å²) in [5.41, 5.74) is 8.37. The summed E-state index contributed by atoms with van der Waals surface area (Å²) in [6, 6.07) is 13.3. The van der Waals surface area contributed by atoms with Crippen LogP contribution in [0.3, 0.4) is 0 Å². The van der Waals surface area contributed by atoms with Gasteiger partial charge in [-0.25, -0.2) is 4.79 Å². The second-order valence-corrected chi connectivity index (χ2v) is 9.61. The number of amides is 3. The topological polar surface area (TPSA) is 116 Å². The number of hydrogen-bond acceptors (Lipinski definition) is 4. The van der Waals surface area contributed by atoms with Gasteiger partial charge in [-0.05, 0) is 67.9 Å². The Morgan fingerprint density at radius 2 is 1.71 bits per heavy atom. The number of hydrogen-bond donors (Lipinski definition) is 5. The lowest BCUT2D eigenvalue weighted by molar-refractivity contribution is -0.125. The average Bonchev–Trinajstić information content (AvgIpc) is 2.75. The van der Waals surface area contributed by atoms with Crippen LogP contribution in [0, 0.1) is 0 Å². The number of phenolic OH excluding ortho intramolecular Hbond substituents is 1. The molecule has 0 unspecified atom stereocenters. The number of carbonyl (C=O) groups excluding carboxylic acids is 2. The smallest absolute Gasteiger partial charge is 0.315 e. The molecule has 188 valence electrons. The first-order valence-corrected chi connectivity index (χ1v) is 11.5. The molecule has 0 aromatic heterocycles. The molecule has 2 aromatic carbocycles. The number of rotatable bonds is 10. The Morgan fingerprint density at radius 1 is 1.00 bits per heavy atom. The number of carbonyl (C=O) groups is 2. The van der Waals surface area contributed by atoms with Crippen LogP contribution in [0.25, 0.3) is 11.1 Å². The largest absolute Gasteiger partial charge is 0.507 e. The normalized spacial score (nSPS) is 11.4. The molecule has 6 N–H and O–H groups in total. The first kappa shape index (κ1) is 29.3. The molecule has 0 atom stereocenters. The van der Waals surface area contributed by atoms with Gasteiger partial charge < -0.3 is 26.8 Å². The second-order valence-electron chi connectivity index (χ2n) is 9.61. The zero-order valence-electron chi connectivity index (χ0n) is 20.8. The molecule has 0 heterocycles. The summed E-state index contributed by atoms with van der Waals surface area (Å²) < 4.78 is 0. The van der Waals surface area contributed by atoms with Crippen LogP contribution in [0.2, 0.25) is 0 Å². The van der Waals surface area contributed by atoms with Crippen LogP contribution in [-0.4, -0.2) is 35.7 Å². The van der Waals surface area contributed by atoms with Gasteiger partial charge in [-0.15, -0.1) is 12.4 Å². The Balaban J connectivity index is 0.00000578. The minimum Gasteiger partial charge on any atom is -0.507 e. The van der Waals surface area contributed by atoms with E-state index in [-0.39, 0.29) is 35.5 Å². The van der Waals surface area contributed by atoms with Gasteiger partial charge in [0.1, 0.15) is 5.75 Å². The van der Waals surface area contributed by atoms with Gasteiger partial charge in [-0.3, -0.25) is 4.79 Å². The van der Waals surface area contributed by atoms with E-state index in [1.165, 1.54) is 0 Å². The van der Waals surface area contributed by atoms with E-state index < -0.39 is 5.54 Å². The van der Waals surface area contributed by atoms with E-state index in [1.54, 1.807) is 13.8 Å². The third-order valence-corrected chi connectivity index (χ3v) is 5.66. The minimum absolute atomic E-state index is 0. The molecule has 0 saturated carbocycles. The number of urea groups is 1. The van der Waals surface area contributed by atoms with Crippen molar-refractivity contribution < 1.29 is 14.7 Å². The summed E-state index contributed by atoms with van der Waals surface area (Å²) in [5.74, 6) is 0.0540. The molecule has 3 amide bonds. The Morgan fingerprint density at radius 3 is 2.32 bits per heavy atom. The Kier molecular flexibility index (Phi) is 10.9. The predicted octanol–water partition coefficient (Wildman–Crippen LogP) is 4.21. The van der Waals surface area contributed by atoms with Gasteiger partial charge in [-0.1, -0.05) is 44.2 Å². The molecule has 0 aliphatic rings. The standard InChI is InChI=1S/C26H38N4O3.ClH/c1-6-28-24(33)30-17-18-9-7-10-19(15-18)21-12-11-20(16-22(21)31)25(2,3)13-8-14-29-23(32)26(4,5)27;/h7,9-12,15-16,31H,6,8,13-14,17,27H2,1-5H3,(H,29,32)(H2,28,30,33);1H. The molecule has 34 heavy (non-hydrogen) atoms. The number of aromatic hydroxyl groups is 1. The fourth-order valence-electron chi connectivity index (χ4n) is 3.56. The summed E-state index contributed by atoms with van der Waals surface area (Å²) in [6.07, 6.45) is 1.65. The summed E-state index contributed by atoms with van der Waals surface area (Å²) in [4.78, 5) is 23.6. The van der Waals surface area contributed by atoms with Gasteiger partial charge >= 0.3 is 6.03 Å². The highest BCUT2D eigenvalue weighted by atomic mass is 35.5. The lowest BCUT2D eigenvalue weighted by Crippen LogP contribution is -2.49.